The largest absolute Gasteiger partial charge is 0.438 e. The van der Waals surface area contributed by atoms with Gasteiger partial charge in [0.05, 0.1) is 55.9 Å². The third kappa shape index (κ3) is 9.45. The van der Waals surface area contributed by atoms with Crippen LogP contribution in [0.2, 0.25) is 0 Å². The molecule has 0 heterocycles. The Kier molecular flexibility index (Phi) is 13.2. The highest BCUT2D eigenvalue weighted by molar-refractivity contribution is 7.85. The van der Waals surface area contributed by atoms with Crippen LogP contribution in [0.15, 0.2) is 42.5 Å². The van der Waals surface area contributed by atoms with Crippen molar-refractivity contribution in [3.8, 4) is 11.5 Å². The molecule has 9 nitrogen and oxygen atoms in total. The van der Waals surface area contributed by atoms with Crippen molar-refractivity contribution in [2.45, 2.75) is 56.5 Å². The highest BCUT2D eigenvalue weighted by atomic mass is 32.2. The first-order chi connectivity index (χ1) is 24.0. The number of ether oxygens (including phenoxy) is 3. The van der Waals surface area contributed by atoms with E-state index in [1.54, 1.807) is 0 Å². The Labute approximate surface area is 300 Å². The summed E-state index contributed by atoms with van der Waals surface area (Å²) >= 11 is 0. The smallest absolute Gasteiger partial charge is 0.435 e. The van der Waals surface area contributed by atoms with Gasteiger partial charge in [0.2, 0.25) is 0 Å². The average molecular weight is 740 g/mol. The van der Waals surface area contributed by atoms with Gasteiger partial charge in [-0.2, -0.15) is 34.8 Å². The predicted molar refractivity (Wildman–Crippen MR) is 178 cm³/mol. The van der Waals surface area contributed by atoms with Gasteiger partial charge in [-0.05, 0) is 47.4 Å². The van der Waals surface area contributed by atoms with Crippen LogP contribution in [-0.2, 0) is 46.5 Å². The molecule has 0 fully saturated rings. The zero-order chi connectivity index (χ0) is 39.4. The summed E-state index contributed by atoms with van der Waals surface area (Å²) in [6.07, 6.45) is -13.9. The number of benzene rings is 3. The summed E-state index contributed by atoms with van der Waals surface area (Å²) in [6, 6.07) is 7.53. The minimum absolute atomic E-state index is 0.0269. The third-order valence-corrected chi connectivity index (χ3v) is 8.21. The molecule has 10 radical (unpaired) electrons. The minimum Gasteiger partial charge on any atom is -0.435 e. The van der Waals surface area contributed by atoms with E-state index in [0.29, 0.717) is 28.8 Å². The Hall–Kier alpha value is -4.12. The van der Waals surface area contributed by atoms with Gasteiger partial charge in [0, 0.05) is 0 Å². The highest BCUT2D eigenvalue weighted by Gasteiger charge is 2.76. The molecular formula is C31H23B5F6O9S. The fraction of sp³-hybridized carbons (Fsp3) is 0.323. The first-order valence-electron chi connectivity index (χ1n) is 14.7. The summed E-state index contributed by atoms with van der Waals surface area (Å²) < 4.78 is 130. The Balaban J connectivity index is 2.24. The Bertz CT molecular complexity index is 1930. The highest BCUT2D eigenvalue weighted by Crippen LogP contribution is 2.47. The SMILES string of the molecule is [B]Cc1cc(C)c(OC(=O)c2cc(C(=O)Oc3c(C[B])cc(C[B])cc3C[B])cc(C(=O)OC(CS(=O)(=O)O)(C(F)(F)F)C(F)(F)F)c2)c(C[B])c1. The molecule has 3 rings (SSSR count). The van der Waals surface area contributed by atoms with E-state index < -0.39 is 68.4 Å². The van der Waals surface area contributed by atoms with Gasteiger partial charge in [-0.15, -0.1) is 0 Å². The predicted octanol–water partition coefficient (Wildman–Crippen LogP) is 3.68. The number of carbonyl (C=O) groups is 3. The van der Waals surface area contributed by atoms with E-state index in [9.17, 15) is 49.1 Å². The van der Waals surface area contributed by atoms with Crippen LogP contribution in [0.1, 0.15) is 64.5 Å². The summed E-state index contributed by atoms with van der Waals surface area (Å²) in [5.41, 5.74) is -6.65. The molecule has 3 aromatic rings. The lowest BCUT2D eigenvalue weighted by atomic mass is 9.85. The standard InChI is InChI=1S/C31H23B5F6O9S/c1-15-2-16(9-32)3-21(11-34)24(15)49-26(43)18-6-19(27(44)50-25-22(12-35)4-17(10-33)5-23(25)13-36)8-20(7-18)28(45)51-29(30(37,38)39,31(40,41)42)14-52(46,47)48/h2-8H,9-14H2,1H3,(H,46,47,48). The van der Waals surface area contributed by atoms with Gasteiger partial charge < -0.3 is 14.2 Å². The quantitative estimate of drug-likeness (QED) is 0.0917. The molecule has 0 atom stereocenters. The van der Waals surface area contributed by atoms with Crippen LogP contribution in [0.3, 0.4) is 0 Å². The Morgan fingerprint density at radius 3 is 1.35 bits per heavy atom. The van der Waals surface area contributed by atoms with Gasteiger partial charge in [0.1, 0.15) is 17.3 Å². The van der Waals surface area contributed by atoms with Crippen molar-refractivity contribution in [1.82, 2.24) is 0 Å². The molecule has 0 aliphatic rings. The lowest BCUT2D eigenvalue weighted by molar-refractivity contribution is -0.356. The second kappa shape index (κ2) is 16.3. The Morgan fingerprint density at radius 2 is 0.981 bits per heavy atom. The van der Waals surface area contributed by atoms with Crippen LogP contribution in [0.25, 0.3) is 0 Å². The molecule has 0 unspecified atom stereocenters. The van der Waals surface area contributed by atoms with Crippen LogP contribution in [0.5, 0.6) is 11.5 Å². The summed E-state index contributed by atoms with van der Waals surface area (Å²) in [4.78, 5) is 40.1. The maximum Gasteiger partial charge on any atom is 0.438 e. The van der Waals surface area contributed by atoms with Crippen molar-refractivity contribution in [2.75, 3.05) is 5.75 Å². The van der Waals surface area contributed by atoms with Crippen molar-refractivity contribution >= 4 is 67.3 Å². The molecule has 0 amide bonds. The summed E-state index contributed by atoms with van der Waals surface area (Å²) in [7, 11) is 22.6. The second-order valence-electron chi connectivity index (χ2n) is 11.2. The van der Waals surface area contributed by atoms with Gasteiger partial charge >= 0.3 is 35.9 Å². The molecule has 21 heteroatoms. The topological polar surface area (TPSA) is 133 Å². The first kappa shape index (κ1) is 42.3. The Morgan fingerprint density at radius 1 is 0.615 bits per heavy atom. The number of esters is 3. The zero-order valence-electron chi connectivity index (χ0n) is 27.1. The summed E-state index contributed by atoms with van der Waals surface area (Å²) in [5, 5.41) is 0. The molecule has 264 valence electrons. The molecule has 3 aromatic carbocycles. The number of aryl methyl sites for hydroxylation is 1. The molecule has 0 spiro atoms. The maximum absolute atomic E-state index is 14.0. The number of hydrogen-bond acceptors (Lipinski definition) is 8. The molecule has 52 heavy (non-hydrogen) atoms. The normalized spacial score (nSPS) is 12.3. The average Bonchev–Trinajstić information content (AvgIpc) is 3.06. The number of hydrogen-bond donors (Lipinski definition) is 1. The van der Waals surface area contributed by atoms with E-state index in [4.69, 9.17) is 53.3 Å². The third-order valence-electron chi connectivity index (χ3n) is 7.44. The van der Waals surface area contributed by atoms with Gasteiger partial charge in [-0.3, -0.25) is 4.55 Å². The van der Waals surface area contributed by atoms with Gasteiger partial charge in [-0.25, -0.2) is 14.4 Å². The fourth-order valence-electron chi connectivity index (χ4n) is 4.95. The van der Waals surface area contributed by atoms with Crippen LogP contribution in [0, 0.1) is 6.92 Å². The monoisotopic (exact) mass is 740 g/mol. The van der Waals surface area contributed by atoms with Crippen LogP contribution in [-0.4, -0.2) is 93.8 Å². The van der Waals surface area contributed by atoms with E-state index >= 15 is 0 Å². The lowest BCUT2D eigenvalue weighted by Crippen LogP contribution is -2.63. The molecular weight excluding hydrogens is 716 g/mol. The van der Waals surface area contributed by atoms with E-state index in [1.165, 1.54) is 31.2 Å². The molecule has 0 aromatic heterocycles. The van der Waals surface area contributed by atoms with Crippen LogP contribution < -0.4 is 9.47 Å². The first-order valence-corrected chi connectivity index (χ1v) is 16.3. The van der Waals surface area contributed by atoms with Crippen molar-refractivity contribution < 1.29 is 67.9 Å². The molecule has 1 N–H and O–H groups in total. The molecule has 0 saturated heterocycles. The molecule has 0 bridgehead atoms. The second-order valence-corrected chi connectivity index (χ2v) is 12.6. The van der Waals surface area contributed by atoms with Crippen molar-refractivity contribution in [3.05, 3.63) is 92.5 Å². The fourth-order valence-corrected chi connectivity index (χ4v) is 5.85. The molecule has 0 aliphatic carbocycles. The molecule has 0 saturated carbocycles. The van der Waals surface area contributed by atoms with Crippen molar-refractivity contribution in [1.29, 1.82) is 0 Å². The summed E-state index contributed by atoms with van der Waals surface area (Å²) in [5.74, 6) is -8.84. The zero-order valence-corrected chi connectivity index (χ0v) is 27.9. The van der Waals surface area contributed by atoms with E-state index in [1.807, 2.05) is 0 Å². The number of rotatable bonds is 13. The molecule has 0 aliphatic heterocycles. The van der Waals surface area contributed by atoms with E-state index in [-0.39, 0.29) is 59.8 Å². The lowest BCUT2D eigenvalue weighted by Gasteiger charge is -2.35. The minimum atomic E-state index is -6.67. The number of alkyl halides is 6. The number of carbonyl (C=O) groups excluding carboxylic acids is 3. The van der Waals surface area contributed by atoms with Gasteiger partial charge in [0.25, 0.3) is 10.1 Å². The maximum atomic E-state index is 14.0. The van der Waals surface area contributed by atoms with E-state index in [0.717, 1.165) is 6.07 Å². The summed E-state index contributed by atoms with van der Waals surface area (Å²) in [6.45, 7) is 1.50. The van der Waals surface area contributed by atoms with E-state index in [2.05, 4.69) is 4.74 Å². The van der Waals surface area contributed by atoms with Gasteiger partial charge in [-0.1, -0.05) is 67.0 Å². The van der Waals surface area contributed by atoms with Crippen molar-refractivity contribution in [2.24, 2.45) is 0 Å². The van der Waals surface area contributed by atoms with Crippen molar-refractivity contribution in [3.63, 3.8) is 0 Å². The van der Waals surface area contributed by atoms with Gasteiger partial charge in [0.15, 0.2) is 0 Å². The number of halogens is 6. The van der Waals surface area contributed by atoms with Crippen LogP contribution >= 0.6 is 0 Å². The van der Waals surface area contributed by atoms with Crippen LogP contribution in [0.4, 0.5) is 26.3 Å².